The lowest BCUT2D eigenvalue weighted by Gasteiger charge is -2.41. The van der Waals surface area contributed by atoms with Crippen LogP contribution in [0.5, 0.6) is 0 Å². The first-order chi connectivity index (χ1) is 14.6. The molecule has 2 fully saturated rings. The Labute approximate surface area is 189 Å². The van der Waals surface area contributed by atoms with Gasteiger partial charge in [-0.15, -0.1) is 0 Å². The molecule has 0 radical (unpaired) electrons. The third-order valence-electron chi connectivity index (χ3n) is 6.39. The molecule has 1 heterocycles. The molecule has 30 heavy (non-hydrogen) atoms. The van der Waals surface area contributed by atoms with Crippen molar-refractivity contribution in [2.45, 2.75) is 81.0 Å². The molecule has 3 rings (SSSR count). The van der Waals surface area contributed by atoms with Crippen molar-refractivity contribution in [3.05, 3.63) is 35.9 Å². The maximum absolute atomic E-state index is 12.2. The number of esters is 1. The average Bonchev–Trinajstić information content (AvgIpc) is 3.28. The summed E-state index contributed by atoms with van der Waals surface area (Å²) in [7, 11) is 5.95. The fourth-order valence-corrected chi connectivity index (χ4v) is 7.64. The van der Waals surface area contributed by atoms with E-state index in [0.717, 1.165) is 43.8 Å². The molecule has 1 aromatic carbocycles. The van der Waals surface area contributed by atoms with Crippen molar-refractivity contribution in [1.29, 1.82) is 0 Å². The van der Waals surface area contributed by atoms with Crippen molar-refractivity contribution in [1.82, 2.24) is 4.90 Å². The molecule has 0 amide bonds. The number of carbonyl (C=O) groups is 1. The Morgan fingerprint density at radius 3 is 2.70 bits per heavy atom. The minimum absolute atomic E-state index is 0.0319. The zero-order valence-corrected chi connectivity index (χ0v) is 19.9. The summed E-state index contributed by atoms with van der Waals surface area (Å²) >= 11 is 0. The molecule has 1 saturated heterocycles. The van der Waals surface area contributed by atoms with Crippen LogP contribution in [-0.4, -0.2) is 52.9 Å². The van der Waals surface area contributed by atoms with Gasteiger partial charge in [-0.2, -0.15) is 0 Å². The van der Waals surface area contributed by atoms with Gasteiger partial charge < -0.3 is 9.84 Å². The van der Waals surface area contributed by atoms with Gasteiger partial charge in [0.25, 0.3) is 0 Å². The van der Waals surface area contributed by atoms with Gasteiger partial charge in [0.2, 0.25) is 0 Å². The van der Waals surface area contributed by atoms with Crippen molar-refractivity contribution in [2.75, 3.05) is 26.1 Å². The van der Waals surface area contributed by atoms with E-state index >= 15 is 0 Å². The molecule has 1 aliphatic heterocycles. The third-order valence-corrected chi connectivity index (χ3v) is 9.40. The van der Waals surface area contributed by atoms with E-state index in [1.807, 2.05) is 51.7 Å². The van der Waals surface area contributed by atoms with Crippen LogP contribution in [0.15, 0.2) is 30.3 Å². The largest absolute Gasteiger partial charge is 0.449 e. The van der Waals surface area contributed by atoms with Gasteiger partial charge in [0.05, 0.1) is 5.60 Å². The summed E-state index contributed by atoms with van der Waals surface area (Å²) in [5.74, 6) is 1.19. The first kappa shape index (κ1) is 24.0. The molecule has 0 aromatic heterocycles. The second kappa shape index (κ2) is 12.4. The van der Waals surface area contributed by atoms with Gasteiger partial charge in [-0.25, -0.2) is 0 Å². The Bertz CT molecular complexity index is 631. The minimum Gasteiger partial charge on any atom is -0.449 e. The van der Waals surface area contributed by atoms with Crippen molar-refractivity contribution < 1.29 is 14.6 Å². The number of ether oxygens (including phenoxy) is 1. The second-order valence-electron chi connectivity index (χ2n) is 8.89. The normalized spacial score (nSPS) is 22.2. The second-order valence-corrected chi connectivity index (χ2v) is 11.7. The Hall–Kier alpha value is -0.690. The highest BCUT2D eigenvalue weighted by molar-refractivity contribution is 8.77. The van der Waals surface area contributed by atoms with Crippen LogP contribution in [0.4, 0.5) is 0 Å². The van der Waals surface area contributed by atoms with E-state index < -0.39 is 5.60 Å². The Kier molecular flexibility index (Phi) is 9.88. The SMILES string of the molecule is CN(COC(=O)CCCC[C@@H]1CCSS1)CC(c1ccccc1)C1(O)CCCCC1. The number of benzene rings is 1. The van der Waals surface area contributed by atoms with Crippen LogP contribution in [0.2, 0.25) is 0 Å². The number of rotatable bonds is 11. The standard InChI is InChI=1S/C24H37NO3S2/c1-25(19-28-23(26)13-7-6-12-21-14-17-29-30-21)18-22(20-10-4-2-5-11-20)24(27)15-8-3-9-16-24/h2,4-5,10-11,21-22,27H,3,6-9,12-19H2,1H3/t21-,22?/m1/s1. The van der Waals surface area contributed by atoms with Gasteiger partial charge in [-0.1, -0.05) is 77.6 Å². The highest BCUT2D eigenvalue weighted by Gasteiger charge is 2.39. The van der Waals surface area contributed by atoms with E-state index in [1.54, 1.807) is 0 Å². The fourth-order valence-electron chi connectivity index (χ4n) is 4.61. The average molecular weight is 452 g/mol. The smallest absolute Gasteiger partial charge is 0.307 e. The van der Waals surface area contributed by atoms with Crippen LogP contribution in [0.1, 0.15) is 75.7 Å². The molecule has 1 N–H and O–H groups in total. The van der Waals surface area contributed by atoms with Gasteiger partial charge in [0.1, 0.15) is 6.73 Å². The number of hydrogen-bond donors (Lipinski definition) is 1. The predicted octanol–water partition coefficient (Wildman–Crippen LogP) is 5.61. The van der Waals surface area contributed by atoms with Gasteiger partial charge in [-0.3, -0.25) is 9.69 Å². The zero-order valence-electron chi connectivity index (χ0n) is 18.3. The summed E-state index contributed by atoms with van der Waals surface area (Å²) in [6.45, 7) is 0.970. The maximum Gasteiger partial charge on any atom is 0.307 e. The lowest BCUT2D eigenvalue weighted by atomic mass is 9.72. The Morgan fingerprint density at radius 1 is 1.23 bits per heavy atom. The zero-order chi connectivity index (χ0) is 21.2. The quantitative estimate of drug-likeness (QED) is 0.204. The van der Waals surface area contributed by atoms with E-state index in [1.165, 1.54) is 30.6 Å². The van der Waals surface area contributed by atoms with Crippen molar-refractivity contribution in [3.8, 4) is 0 Å². The summed E-state index contributed by atoms with van der Waals surface area (Å²) < 4.78 is 5.53. The number of unbranched alkanes of at least 4 members (excludes halogenated alkanes) is 1. The topological polar surface area (TPSA) is 49.8 Å². The van der Waals surface area contributed by atoms with E-state index in [-0.39, 0.29) is 18.6 Å². The fraction of sp³-hybridized carbons (Fsp3) is 0.708. The predicted molar refractivity (Wildman–Crippen MR) is 128 cm³/mol. The van der Waals surface area contributed by atoms with Crippen LogP contribution in [0.25, 0.3) is 0 Å². The molecule has 0 spiro atoms. The highest BCUT2D eigenvalue weighted by atomic mass is 33.1. The molecular formula is C24H37NO3S2. The summed E-state index contributed by atoms with van der Waals surface area (Å²) in [6, 6.07) is 10.3. The van der Waals surface area contributed by atoms with E-state index in [0.29, 0.717) is 13.0 Å². The number of likely N-dealkylation sites (N-methyl/N-ethyl adjacent to an activating group) is 1. The monoisotopic (exact) mass is 451 g/mol. The van der Waals surface area contributed by atoms with Crippen LogP contribution in [-0.2, 0) is 9.53 Å². The van der Waals surface area contributed by atoms with Crippen LogP contribution in [0.3, 0.4) is 0 Å². The van der Waals surface area contributed by atoms with Crippen LogP contribution >= 0.6 is 21.6 Å². The van der Waals surface area contributed by atoms with Gasteiger partial charge in [0.15, 0.2) is 0 Å². The molecule has 2 aliphatic rings. The third kappa shape index (κ3) is 7.47. The van der Waals surface area contributed by atoms with Crippen molar-refractivity contribution in [2.24, 2.45) is 0 Å². The molecule has 0 bridgehead atoms. The van der Waals surface area contributed by atoms with Gasteiger partial charge in [-0.05, 0) is 44.7 Å². The molecular weight excluding hydrogens is 414 g/mol. The van der Waals surface area contributed by atoms with Crippen molar-refractivity contribution >= 4 is 27.6 Å². The van der Waals surface area contributed by atoms with E-state index in [9.17, 15) is 9.90 Å². The van der Waals surface area contributed by atoms with Crippen LogP contribution < -0.4 is 0 Å². The minimum atomic E-state index is -0.672. The number of nitrogens with zero attached hydrogens (tertiary/aromatic N) is 1. The number of hydrogen-bond acceptors (Lipinski definition) is 6. The summed E-state index contributed by atoms with van der Waals surface area (Å²) in [6.07, 6.45) is 10.1. The van der Waals surface area contributed by atoms with E-state index in [2.05, 4.69) is 12.1 Å². The number of aliphatic hydroxyl groups is 1. The molecule has 6 heteroatoms. The van der Waals surface area contributed by atoms with Crippen LogP contribution in [0, 0.1) is 0 Å². The molecule has 2 atom stereocenters. The summed E-state index contributed by atoms with van der Waals surface area (Å²) in [4.78, 5) is 14.2. The Morgan fingerprint density at radius 2 is 2.00 bits per heavy atom. The highest BCUT2D eigenvalue weighted by Crippen LogP contribution is 2.41. The first-order valence-electron chi connectivity index (χ1n) is 11.5. The maximum atomic E-state index is 12.2. The summed E-state index contributed by atoms with van der Waals surface area (Å²) in [5.41, 5.74) is 0.497. The summed E-state index contributed by atoms with van der Waals surface area (Å²) in [5, 5.41) is 12.2. The molecule has 1 saturated carbocycles. The lowest BCUT2D eigenvalue weighted by molar-refractivity contribution is -0.148. The van der Waals surface area contributed by atoms with E-state index in [4.69, 9.17) is 4.74 Å². The van der Waals surface area contributed by atoms with Gasteiger partial charge >= 0.3 is 5.97 Å². The molecule has 4 nitrogen and oxygen atoms in total. The molecule has 168 valence electrons. The first-order valence-corrected chi connectivity index (χ1v) is 13.8. The van der Waals surface area contributed by atoms with Gasteiger partial charge in [0, 0.05) is 29.9 Å². The molecule has 1 aliphatic carbocycles. The molecule has 1 aromatic rings. The molecule has 1 unspecified atom stereocenters. The van der Waals surface area contributed by atoms with Crippen molar-refractivity contribution in [3.63, 3.8) is 0 Å². The Balaban J connectivity index is 1.43. The lowest BCUT2D eigenvalue weighted by Crippen LogP contribution is -2.44. The number of carbonyl (C=O) groups excluding carboxylic acids is 1.